The summed E-state index contributed by atoms with van der Waals surface area (Å²) >= 11 is 0. The van der Waals surface area contributed by atoms with Gasteiger partial charge in [0.1, 0.15) is 11.5 Å². The van der Waals surface area contributed by atoms with Crippen LogP contribution in [-0.2, 0) is 11.3 Å². The molecule has 1 aromatic heterocycles. The van der Waals surface area contributed by atoms with Crippen molar-refractivity contribution in [3.63, 3.8) is 0 Å². The first-order valence-electron chi connectivity index (χ1n) is 8.24. The quantitative estimate of drug-likeness (QED) is 0.656. The number of carbonyl (C=O) groups excluding carboxylic acids is 1. The van der Waals surface area contributed by atoms with Crippen LogP contribution < -0.4 is 9.47 Å². The zero-order valence-corrected chi connectivity index (χ0v) is 14.6. The standard InChI is InChI=1S/C19H25NO4/c1-4-22-17-8-5-6-9-18(17)23-13-7-10-19(21)20(3)14-16-12-11-15(2)24-16/h5-6,8-9,11-12H,4,7,10,13-14H2,1-3H3. The van der Waals surface area contributed by atoms with Crippen LogP contribution in [0.2, 0.25) is 0 Å². The number of para-hydroxylation sites is 2. The van der Waals surface area contributed by atoms with E-state index in [4.69, 9.17) is 13.9 Å². The Balaban J connectivity index is 1.72. The Morgan fingerprint density at radius 2 is 1.83 bits per heavy atom. The second-order valence-electron chi connectivity index (χ2n) is 5.59. The average molecular weight is 331 g/mol. The van der Waals surface area contributed by atoms with Crippen molar-refractivity contribution in [3.8, 4) is 11.5 Å². The van der Waals surface area contributed by atoms with Crippen LogP contribution in [0.25, 0.3) is 0 Å². The van der Waals surface area contributed by atoms with Crippen molar-refractivity contribution in [2.45, 2.75) is 33.2 Å². The topological polar surface area (TPSA) is 51.9 Å². The van der Waals surface area contributed by atoms with Gasteiger partial charge in [0.25, 0.3) is 0 Å². The molecule has 2 aromatic rings. The molecule has 0 N–H and O–H groups in total. The Hall–Kier alpha value is -2.43. The maximum atomic E-state index is 12.1. The highest BCUT2D eigenvalue weighted by molar-refractivity contribution is 5.75. The molecule has 0 saturated heterocycles. The molecule has 1 aromatic carbocycles. The fourth-order valence-electron chi connectivity index (χ4n) is 2.33. The highest BCUT2D eigenvalue weighted by Crippen LogP contribution is 2.26. The number of carbonyl (C=O) groups is 1. The molecular weight excluding hydrogens is 306 g/mol. The van der Waals surface area contributed by atoms with Crippen molar-refractivity contribution in [1.29, 1.82) is 0 Å². The van der Waals surface area contributed by atoms with Gasteiger partial charge in [-0.3, -0.25) is 4.79 Å². The molecule has 0 atom stereocenters. The van der Waals surface area contributed by atoms with Gasteiger partial charge in [0.2, 0.25) is 5.91 Å². The molecule has 2 rings (SSSR count). The normalized spacial score (nSPS) is 10.5. The number of nitrogens with zero attached hydrogens (tertiary/aromatic N) is 1. The maximum Gasteiger partial charge on any atom is 0.222 e. The van der Waals surface area contributed by atoms with Gasteiger partial charge < -0.3 is 18.8 Å². The molecule has 5 nitrogen and oxygen atoms in total. The van der Waals surface area contributed by atoms with Crippen LogP contribution in [0.4, 0.5) is 0 Å². The van der Waals surface area contributed by atoms with E-state index >= 15 is 0 Å². The molecule has 0 bridgehead atoms. The Kier molecular flexibility index (Phi) is 6.73. The lowest BCUT2D eigenvalue weighted by Crippen LogP contribution is -2.26. The van der Waals surface area contributed by atoms with E-state index in [0.29, 0.717) is 38.3 Å². The van der Waals surface area contributed by atoms with E-state index in [1.54, 1.807) is 11.9 Å². The third-order valence-electron chi connectivity index (χ3n) is 3.56. The molecular formula is C19H25NO4. The number of hydrogen-bond donors (Lipinski definition) is 0. The second kappa shape index (κ2) is 9.01. The summed E-state index contributed by atoms with van der Waals surface area (Å²) in [5.74, 6) is 3.17. The number of benzene rings is 1. The smallest absolute Gasteiger partial charge is 0.222 e. The van der Waals surface area contributed by atoms with Crippen molar-refractivity contribution in [2.24, 2.45) is 0 Å². The van der Waals surface area contributed by atoms with Gasteiger partial charge in [-0.25, -0.2) is 0 Å². The van der Waals surface area contributed by atoms with Gasteiger partial charge in [-0.05, 0) is 44.5 Å². The van der Waals surface area contributed by atoms with Crippen LogP contribution in [0.5, 0.6) is 11.5 Å². The molecule has 5 heteroatoms. The summed E-state index contributed by atoms with van der Waals surface area (Å²) in [6.07, 6.45) is 1.09. The summed E-state index contributed by atoms with van der Waals surface area (Å²) in [5, 5.41) is 0. The lowest BCUT2D eigenvalue weighted by atomic mass is 10.2. The molecule has 1 heterocycles. The van der Waals surface area contributed by atoms with E-state index in [1.165, 1.54) is 0 Å². The van der Waals surface area contributed by atoms with Gasteiger partial charge in [0, 0.05) is 13.5 Å². The maximum absolute atomic E-state index is 12.1. The summed E-state index contributed by atoms with van der Waals surface area (Å²) in [5.41, 5.74) is 0. The fourth-order valence-corrected chi connectivity index (χ4v) is 2.33. The Morgan fingerprint density at radius 3 is 2.46 bits per heavy atom. The first-order valence-corrected chi connectivity index (χ1v) is 8.24. The average Bonchev–Trinajstić information content (AvgIpc) is 2.98. The minimum absolute atomic E-state index is 0.0748. The van der Waals surface area contributed by atoms with Gasteiger partial charge in [-0.2, -0.15) is 0 Å². The molecule has 0 saturated carbocycles. The predicted octanol–water partition coefficient (Wildman–Crippen LogP) is 3.80. The molecule has 0 radical (unpaired) electrons. The Morgan fingerprint density at radius 1 is 1.12 bits per heavy atom. The predicted molar refractivity (Wildman–Crippen MR) is 92.3 cm³/mol. The summed E-state index contributed by atoms with van der Waals surface area (Å²) in [6, 6.07) is 11.4. The van der Waals surface area contributed by atoms with Gasteiger partial charge in [0.15, 0.2) is 11.5 Å². The number of aryl methyl sites for hydroxylation is 1. The molecule has 0 aliphatic heterocycles. The van der Waals surface area contributed by atoms with Gasteiger partial charge in [-0.15, -0.1) is 0 Å². The van der Waals surface area contributed by atoms with E-state index in [2.05, 4.69) is 0 Å². The summed E-state index contributed by atoms with van der Waals surface area (Å²) < 4.78 is 16.7. The lowest BCUT2D eigenvalue weighted by molar-refractivity contribution is -0.130. The Bertz CT molecular complexity index is 650. The zero-order chi connectivity index (χ0) is 17.4. The highest BCUT2D eigenvalue weighted by Gasteiger charge is 2.11. The van der Waals surface area contributed by atoms with Crippen LogP contribution in [0.1, 0.15) is 31.3 Å². The molecule has 1 amide bonds. The van der Waals surface area contributed by atoms with Gasteiger partial charge >= 0.3 is 0 Å². The molecule has 0 unspecified atom stereocenters. The van der Waals surface area contributed by atoms with E-state index in [1.807, 2.05) is 50.2 Å². The van der Waals surface area contributed by atoms with Crippen LogP contribution in [-0.4, -0.2) is 31.1 Å². The minimum atomic E-state index is 0.0748. The third-order valence-corrected chi connectivity index (χ3v) is 3.56. The largest absolute Gasteiger partial charge is 0.490 e. The molecule has 0 fully saturated rings. The van der Waals surface area contributed by atoms with Gasteiger partial charge in [-0.1, -0.05) is 12.1 Å². The van der Waals surface area contributed by atoms with Crippen molar-refractivity contribution < 1.29 is 18.7 Å². The summed E-state index contributed by atoms with van der Waals surface area (Å²) in [7, 11) is 1.78. The molecule has 130 valence electrons. The van der Waals surface area contributed by atoms with Crippen LogP contribution in [0.15, 0.2) is 40.8 Å². The van der Waals surface area contributed by atoms with Crippen molar-refractivity contribution in [3.05, 3.63) is 47.9 Å². The number of hydrogen-bond acceptors (Lipinski definition) is 4. The van der Waals surface area contributed by atoms with Crippen molar-refractivity contribution >= 4 is 5.91 Å². The minimum Gasteiger partial charge on any atom is -0.490 e. The second-order valence-corrected chi connectivity index (χ2v) is 5.59. The molecule has 0 spiro atoms. The number of rotatable bonds is 9. The SMILES string of the molecule is CCOc1ccccc1OCCCC(=O)N(C)Cc1ccc(C)o1. The number of ether oxygens (including phenoxy) is 2. The van der Waals surface area contributed by atoms with Crippen LogP contribution >= 0.6 is 0 Å². The first-order chi connectivity index (χ1) is 11.6. The van der Waals surface area contributed by atoms with E-state index in [0.717, 1.165) is 17.3 Å². The van der Waals surface area contributed by atoms with Gasteiger partial charge in [0.05, 0.1) is 19.8 Å². The lowest BCUT2D eigenvalue weighted by Gasteiger charge is -2.16. The molecule has 0 aliphatic carbocycles. The summed E-state index contributed by atoms with van der Waals surface area (Å²) in [6.45, 7) is 5.38. The third kappa shape index (κ3) is 5.33. The number of furan rings is 1. The van der Waals surface area contributed by atoms with Crippen LogP contribution in [0.3, 0.4) is 0 Å². The summed E-state index contributed by atoms with van der Waals surface area (Å²) in [4.78, 5) is 13.8. The zero-order valence-electron chi connectivity index (χ0n) is 14.6. The van der Waals surface area contributed by atoms with Crippen molar-refractivity contribution in [2.75, 3.05) is 20.3 Å². The fraction of sp³-hybridized carbons (Fsp3) is 0.421. The highest BCUT2D eigenvalue weighted by atomic mass is 16.5. The van der Waals surface area contributed by atoms with E-state index < -0.39 is 0 Å². The number of amides is 1. The molecule has 0 aliphatic rings. The van der Waals surface area contributed by atoms with E-state index in [9.17, 15) is 4.79 Å². The monoisotopic (exact) mass is 331 g/mol. The first kappa shape index (κ1) is 17.9. The Labute approximate surface area is 143 Å². The molecule has 24 heavy (non-hydrogen) atoms. The van der Waals surface area contributed by atoms with Crippen LogP contribution in [0, 0.1) is 6.92 Å². The van der Waals surface area contributed by atoms with Crippen molar-refractivity contribution in [1.82, 2.24) is 4.90 Å². The van der Waals surface area contributed by atoms with E-state index in [-0.39, 0.29) is 5.91 Å².